The molecule has 6 heteroatoms. The molecule has 0 aromatic heterocycles. The standard InChI is InChI=1S/C18H13NO5/c20-12-7-5-11(6-8-12)9-15-13-3-1-2-4-14(13)17(23)19(18(15)24)10-16(21)22/h1-9,20H,10H2,(H,21,22)/b15-9-. The van der Waals surface area contributed by atoms with E-state index in [2.05, 4.69) is 0 Å². The first kappa shape index (κ1) is 15.5. The minimum absolute atomic E-state index is 0.0928. The van der Waals surface area contributed by atoms with E-state index >= 15 is 0 Å². The molecule has 0 saturated carbocycles. The highest BCUT2D eigenvalue weighted by atomic mass is 16.4. The molecular formula is C18H13NO5. The van der Waals surface area contributed by atoms with Gasteiger partial charge in [-0.3, -0.25) is 19.3 Å². The van der Waals surface area contributed by atoms with E-state index < -0.39 is 24.3 Å². The Morgan fingerprint density at radius 3 is 2.21 bits per heavy atom. The van der Waals surface area contributed by atoms with E-state index in [0.717, 1.165) is 4.90 Å². The van der Waals surface area contributed by atoms with Crippen molar-refractivity contribution < 1.29 is 24.6 Å². The summed E-state index contributed by atoms with van der Waals surface area (Å²) in [7, 11) is 0. The van der Waals surface area contributed by atoms with Crippen molar-refractivity contribution in [3.8, 4) is 5.75 Å². The zero-order valence-electron chi connectivity index (χ0n) is 12.5. The van der Waals surface area contributed by atoms with Gasteiger partial charge in [-0.1, -0.05) is 30.3 Å². The third-order valence-electron chi connectivity index (χ3n) is 3.67. The van der Waals surface area contributed by atoms with E-state index in [1.54, 1.807) is 42.5 Å². The van der Waals surface area contributed by atoms with Crippen LogP contribution in [0.3, 0.4) is 0 Å². The third-order valence-corrected chi connectivity index (χ3v) is 3.67. The lowest BCUT2D eigenvalue weighted by Gasteiger charge is -2.27. The van der Waals surface area contributed by atoms with Gasteiger partial charge in [-0.05, 0) is 35.4 Å². The van der Waals surface area contributed by atoms with Gasteiger partial charge in [-0.2, -0.15) is 0 Å². The molecule has 0 saturated heterocycles. The molecule has 0 fully saturated rings. The Labute approximate surface area is 137 Å². The topological polar surface area (TPSA) is 94.9 Å². The number of phenols is 1. The Kier molecular flexibility index (Phi) is 3.87. The number of aromatic hydroxyl groups is 1. The average Bonchev–Trinajstić information content (AvgIpc) is 2.57. The molecule has 0 unspecified atom stereocenters. The second-order valence-electron chi connectivity index (χ2n) is 5.29. The number of fused-ring (bicyclic) bond motifs is 1. The Morgan fingerprint density at radius 2 is 1.58 bits per heavy atom. The summed E-state index contributed by atoms with van der Waals surface area (Å²) in [6, 6.07) is 12.8. The molecule has 0 bridgehead atoms. The lowest BCUT2D eigenvalue weighted by molar-refractivity contribution is -0.141. The first-order chi connectivity index (χ1) is 11.5. The molecule has 0 spiro atoms. The van der Waals surface area contributed by atoms with Crippen LogP contribution in [0.25, 0.3) is 11.6 Å². The fraction of sp³-hybridized carbons (Fsp3) is 0.0556. The number of carbonyl (C=O) groups excluding carboxylic acids is 2. The molecule has 1 aliphatic heterocycles. The van der Waals surface area contributed by atoms with Gasteiger partial charge in [0.15, 0.2) is 0 Å². The fourth-order valence-electron chi connectivity index (χ4n) is 2.56. The summed E-state index contributed by atoms with van der Waals surface area (Å²) in [6.45, 7) is -0.696. The Hall–Kier alpha value is -3.41. The normalized spacial score (nSPS) is 15.5. The highest BCUT2D eigenvalue weighted by Crippen LogP contribution is 2.30. The summed E-state index contributed by atoms with van der Waals surface area (Å²) >= 11 is 0. The van der Waals surface area contributed by atoms with Crippen LogP contribution in [0.4, 0.5) is 0 Å². The SMILES string of the molecule is O=C(O)CN1C(=O)/C(=C\c2ccc(O)cc2)c2ccccc2C1=O. The molecule has 3 rings (SSSR count). The first-order valence-corrected chi connectivity index (χ1v) is 7.15. The van der Waals surface area contributed by atoms with Gasteiger partial charge in [-0.25, -0.2) is 0 Å². The lowest BCUT2D eigenvalue weighted by Crippen LogP contribution is -2.44. The molecule has 1 aliphatic rings. The molecule has 2 aromatic carbocycles. The summed E-state index contributed by atoms with van der Waals surface area (Å²) < 4.78 is 0. The number of nitrogens with zero attached hydrogens (tertiary/aromatic N) is 1. The number of hydrogen-bond acceptors (Lipinski definition) is 4. The van der Waals surface area contributed by atoms with E-state index in [-0.39, 0.29) is 16.9 Å². The van der Waals surface area contributed by atoms with Crippen LogP contribution in [0.5, 0.6) is 5.75 Å². The zero-order chi connectivity index (χ0) is 17.3. The smallest absolute Gasteiger partial charge is 0.323 e. The Balaban J connectivity index is 2.14. The van der Waals surface area contributed by atoms with Gasteiger partial charge in [0.05, 0.1) is 0 Å². The van der Waals surface area contributed by atoms with Crippen LogP contribution in [-0.2, 0) is 9.59 Å². The van der Waals surface area contributed by atoms with Gasteiger partial charge in [0.25, 0.3) is 11.8 Å². The van der Waals surface area contributed by atoms with Crippen LogP contribution in [0, 0.1) is 0 Å². The zero-order valence-corrected chi connectivity index (χ0v) is 12.5. The van der Waals surface area contributed by atoms with Crippen molar-refractivity contribution >= 4 is 29.4 Å². The average molecular weight is 323 g/mol. The second-order valence-corrected chi connectivity index (χ2v) is 5.29. The van der Waals surface area contributed by atoms with Gasteiger partial charge in [0.1, 0.15) is 12.3 Å². The van der Waals surface area contributed by atoms with Crippen molar-refractivity contribution in [2.75, 3.05) is 6.54 Å². The quantitative estimate of drug-likeness (QED) is 0.665. The Morgan fingerprint density at radius 1 is 0.958 bits per heavy atom. The molecule has 6 nitrogen and oxygen atoms in total. The lowest BCUT2D eigenvalue weighted by atomic mass is 9.92. The van der Waals surface area contributed by atoms with E-state index in [4.69, 9.17) is 5.11 Å². The Bertz CT molecular complexity index is 867. The third kappa shape index (κ3) is 2.77. The minimum Gasteiger partial charge on any atom is -0.508 e. The minimum atomic E-state index is -1.26. The number of amides is 2. The first-order valence-electron chi connectivity index (χ1n) is 7.15. The summed E-state index contributed by atoms with van der Waals surface area (Å²) in [5, 5.41) is 18.3. The van der Waals surface area contributed by atoms with Crippen LogP contribution >= 0.6 is 0 Å². The van der Waals surface area contributed by atoms with Crippen molar-refractivity contribution in [1.29, 1.82) is 0 Å². The maximum absolute atomic E-state index is 12.6. The van der Waals surface area contributed by atoms with Crippen LogP contribution in [0.2, 0.25) is 0 Å². The number of carboxylic acids is 1. The van der Waals surface area contributed by atoms with Crippen LogP contribution in [-0.4, -0.2) is 39.4 Å². The number of aliphatic carboxylic acids is 1. The van der Waals surface area contributed by atoms with Gasteiger partial charge in [0.2, 0.25) is 0 Å². The van der Waals surface area contributed by atoms with Crippen molar-refractivity contribution in [1.82, 2.24) is 4.90 Å². The van der Waals surface area contributed by atoms with E-state index in [9.17, 15) is 19.5 Å². The highest BCUT2D eigenvalue weighted by molar-refractivity contribution is 6.34. The van der Waals surface area contributed by atoms with E-state index in [1.165, 1.54) is 12.1 Å². The molecule has 2 N–H and O–H groups in total. The number of phenolic OH excluding ortho intramolecular Hbond substituents is 1. The monoisotopic (exact) mass is 323 g/mol. The molecule has 1 heterocycles. The van der Waals surface area contributed by atoms with Gasteiger partial charge in [0, 0.05) is 11.1 Å². The largest absolute Gasteiger partial charge is 0.508 e. The van der Waals surface area contributed by atoms with E-state index in [1.807, 2.05) is 0 Å². The number of benzene rings is 2. The molecule has 0 aliphatic carbocycles. The fourth-order valence-corrected chi connectivity index (χ4v) is 2.56. The van der Waals surface area contributed by atoms with Gasteiger partial charge >= 0.3 is 5.97 Å². The molecule has 2 aromatic rings. The maximum atomic E-state index is 12.6. The predicted molar refractivity (Wildman–Crippen MR) is 86.1 cm³/mol. The predicted octanol–water partition coefficient (Wildman–Crippen LogP) is 2.00. The number of imide groups is 1. The van der Waals surface area contributed by atoms with Crippen molar-refractivity contribution in [3.63, 3.8) is 0 Å². The number of carboxylic acid groups (broad SMARTS) is 1. The van der Waals surface area contributed by atoms with Crippen LogP contribution in [0.1, 0.15) is 21.5 Å². The number of hydrogen-bond donors (Lipinski definition) is 2. The van der Waals surface area contributed by atoms with Crippen LogP contribution < -0.4 is 0 Å². The van der Waals surface area contributed by atoms with Gasteiger partial charge < -0.3 is 10.2 Å². The van der Waals surface area contributed by atoms with Gasteiger partial charge in [-0.15, -0.1) is 0 Å². The molecule has 0 radical (unpaired) electrons. The molecule has 2 amide bonds. The van der Waals surface area contributed by atoms with E-state index in [0.29, 0.717) is 11.1 Å². The highest BCUT2D eigenvalue weighted by Gasteiger charge is 2.35. The summed E-state index contributed by atoms with van der Waals surface area (Å²) in [5.74, 6) is -2.45. The molecular weight excluding hydrogens is 310 g/mol. The summed E-state index contributed by atoms with van der Waals surface area (Å²) in [6.07, 6.45) is 1.57. The van der Waals surface area contributed by atoms with Crippen molar-refractivity contribution in [2.45, 2.75) is 0 Å². The number of rotatable bonds is 3. The summed E-state index contributed by atoms with van der Waals surface area (Å²) in [5.41, 5.74) is 1.62. The number of carbonyl (C=O) groups is 3. The van der Waals surface area contributed by atoms with Crippen molar-refractivity contribution in [3.05, 3.63) is 65.2 Å². The maximum Gasteiger partial charge on any atom is 0.323 e. The molecule has 24 heavy (non-hydrogen) atoms. The molecule has 120 valence electrons. The summed E-state index contributed by atoms with van der Waals surface area (Å²) in [4.78, 5) is 36.7. The molecule has 0 atom stereocenters. The van der Waals surface area contributed by atoms with Crippen LogP contribution in [0.15, 0.2) is 48.5 Å². The van der Waals surface area contributed by atoms with Crippen molar-refractivity contribution in [2.24, 2.45) is 0 Å². The second kappa shape index (κ2) is 6.00.